The van der Waals surface area contributed by atoms with E-state index in [4.69, 9.17) is 0 Å². The van der Waals surface area contributed by atoms with Crippen LogP contribution in [0, 0.1) is 0 Å². The van der Waals surface area contributed by atoms with Crippen molar-refractivity contribution in [2.24, 2.45) is 0 Å². The summed E-state index contributed by atoms with van der Waals surface area (Å²) in [6.45, 7) is 3.82. The number of phenols is 1. The van der Waals surface area contributed by atoms with Crippen molar-refractivity contribution in [2.45, 2.75) is 6.42 Å². The van der Waals surface area contributed by atoms with E-state index < -0.39 is 0 Å². The van der Waals surface area contributed by atoms with Crippen molar-refractivity contribution in [1.29, 1.82) is 0 Å². The van der Waals surface area contributed by atoms with Crippen LogP contribution < -0.4 is 0 Å². The highest BCUT2D eigenvalue weighted by atomic mass is 16.3. The maximum absolute atomic E-state index is 10.8. The fraction of sp³-hybridized carbons (Fsp3) is 0.0476. The van der Waals surface area contributed by atoms with Crippen molar-refractivity contribution in [3.63, 3.8) is 0 Å². The summed E-state index contributed by atoms with van der Waals surface area (Å²) in [5.74, 6) is 0.324. The van der Waals surface area contributed by atoms with Gasteiger partial charge >= 0.3 is 0 Å². The Labute approximate surface area is 131 Å². The molecular weight excluding hydrogens is 268 g/mol. The Bertz CT molecular complexity index is 713. The molecule has 3 aromatic carbocycles. The number of benzene rings is 3. The summed E-state index contributed by atoms with van der Waals surface area (Å²) in [6, 6.07) is 24.0. The van der Waals surface area contributed by atoms with E-state index in [9.17, 15) is 5.11 Å². The highest BCUT2D eigenvalue weighted by molar-refractivity contribution is 5.82. The van der Waals surface area contributed by atoms with E-state index in [1.54, 1.807) is 0 Å². The summed E-state index contributed by atoms with van der Waals surface area (Å²) in [5.41, 5.74) is 4.90. The van der Waals surface area contributed by atoms with Crippen LogP contribution in [0.15, 0.2) is 85.5 Å². The second-order valence-corrected chi connectivity index (χ2v) is 5.26. The molecule has 0 spiro atoms. The quantitative estimate of drug-likeness (QED) is 0.632. The van der Waals surface area contributed by atoms with Crippen LogP contribution >= 0.6 is 0 Å². The Kier molecular flexibility index (Phi) is 4.06. The number of rotatable bonds is 4. The van der Waals surface area contributed by atoms with E-state index in [1.807, 2.05) is 78.9 Å². The molecule has 1 heteroatoms. The predicted molar refractivity (Wildman–Crippen MR) is 92.9 cm³/mol. The van der Waals surface area contributed by atoms with E-state index in [1.165, 1.54) is 0 Å². The first-order valence-electron chi connectivity index (χ1n) is 7.37. The van der Waals surface area contributed by atoms with E-state index in [-0.39, 0.29) is 0 Å². The molecule has 0 radical (unpaired) electrons. The van der Waals surface area contributed by atoms with Crippen LogP contribution in [0.4, 0.5) is 0 Å². The van der Waals surface area contributed by atoms with Gasteiger partial charge in [-0.1, -0.05) is 66.7 Å². The van der Waals surface area contributed by atoms with Crippen LogP contribution in [0.3, 0.4) is 0 Å². The smallest absolute Gasteiger partial charge is 0.131 e. The number of allylic oxidation sites excluding steroid dienone is 1. The lowest BCUT2D eigenvalue weighted by molar-refractivity contribution is 0.479. The normalized spacial score (nSPS) is 10.4. The SMILES string of the molecule is C=CCc1cc(-c2ccccc2)c(O)c(-c2ccccc2)c1. The van der Waals surface area contributed by atoms with Crippen molar-refractivity contribution in [2.75, 3.05) is 0 Å². The van der Waals surface area contributed by atoms with Gasteiger partial charge in [0, 0.05) is 11.1 Å². The third-order valence-corrected chi connectivity index (χ3v) is 3.72. The van der Waals surface area contributed by atoms with Gasteiger partial charge in [-0.3, -0.25) is 0 Å². The van der Waals surface area contributed by atoms with E-state index >= 15 is 0 Å². The first kappa shape index (κ1) is 14.2. The lowest BCUT2D eigenvalue weighted by Gasteiger charge is -2.13. The van der Waals surface area contributed by atoms with Crippen molar-refractivity contribution >= 4 is 0 Å². The molecule has 3 rings (SSSR count). The molecule has 0 aliphatic rings. The second-order valence-electron chi connectivity index (χ2n) is 5.26. The van der Waals surface area contributed by atoms with Gasteiger partial charge in [0.05, 0.1) is 0 Å². The topological polar surface area (TPSA) is 20.2 Å². The van der Waals surface area contributed by atoms with Gasteiger partial charge in [-0.25, -0.2) is 0 Å². The van der Waals surface area contributed by atoms with Gasteiger partial charge in [-0.05, 0) is 35.2 Å². The zero-order valence-electron chi connectivity index (χ0n) is 12.4. The fourth-order valence-electron chi connectivity index (χ4n) is 2.65. The van der Waals surface area contributed by atoms with E-state index in [2.05, 4.69) is 6.58 Å². The predicted octanol–water partition coefficient (Wildman–Crippen LogP) is 5.45. The average Bonchev–Trinajstić information content (AvgIpc) is 2.58. The van der Waals surface area contributed by atoms with Crippen LogP contribution in [0.5, 0.6) is 5.75 Å². The van der Waals surface area contributed by atoms with Gasteiger partial charge in [-0.15, -0.1) is 6.58 Å². The number of hydrogen-bond donors (Lipinski definition) is 1. The monoisotopic (exact) mass is 286 g/mol. The molecule has 0 bridgehead atoms. The molecular formula is C21H18O. The maximum atomic E-state index is 10.8. The van der Waals surface area contributed by atoms with Gasteiger partial charge in [0.2, 0.25) is 0 Å². The van der Waals surface area contributed by atoms with Crippen molar-refractivity contribution in [3.05, 3.63) is 91.0 Å². The Morgan fingerprint density at radius 2 is 1.23 bits per heavy atom. The first-order chi connectivity index (χ1) is 10.8. The summed E-state index contributed by atoms with van der Waals surface area (Å²) >= 11 is 0. The van der Waals surface area contributed by atoms with Gasteiger partial charge < -0.3 is 5.11 Å². The second kappa shape index (κ2) is 6.31. The molecule has 0 aliphatic heterocycles. The molecule has 0 aliphatic carbocycles. The molecule has 0 aromatic heterocycles. The zero-order valence-corrected chi connectivity index (χ0v) is 12.4. The van der Waals surface area contributed by atoms with Crippen LogP contribution in [-0.4, -0.2) is 5.11 Å². The Morgan fingerprint density at radius 1 is 0.773 bits per heavy atom. The molecule has 0 fully saturated rings. The highest BCUT2D eigenvalue weighted by Gasteiger charge is 2.12. The minimum Gasteiger partial charge on any atom is -0.507 e. The average molecular weight is 286 g/mol. The molecule has 0 heterocycles. The van der Waals surface area contributed by atoms with E-state index in [0.29, 0.717) is 5.75 Å². The van der Waals surface area contributed by atoms with Crippen molar-refractivity contribution in [1.82, 2.24) is 0 Å². The first-order valence-corrected chi connectivity index (χ1v) is 7.37. The van der Waals surface area contributed by atoms with Crippen molar-refractivity contribution < 1.29 is 5.11 Å². The standard InChI is InChI=1S/C21H18O/c1-2-9-16-14-19(17-10-5-3-6-11-17)21(22)20(15-16)18-12-7-4-8-13-18/h2-8,10-15,22H,1,9H2. The van der Waals surface area contributed by atoms with Crippen molar-refractivity contribution in [3.8, 4) is 28.0 Å². The van der Waals surface area contributed by atoms with Crippen LogP contribution in [0.25, 0.3) is 22.3 Å². The molecule has 0 saturated carbocycles. The van der Waals surface area contributed by atoms with Gasteiger partial charge in [0.15, 0.2) is 0 Å². The summed E-state index contributed by atoms with van der Waals surface area (Å²) in [6.07, 6.45) is 2.66. The minimum absolute atomic E-state index is 0.324. The molecule has 0 amide bonds. The lowest BCUT2D eigenvalue weighted by Crippen LogP contribution is -1.89. The molecule has 3 aromatic rings. The Morgan fingerprint density at radius 3 is 1.64 bits per heavy atom. The zero-order chi connectivity index (χ0) is 15.4. The summed E-state index contributed by atoms with van der Waals surface area (Å²) in [7, 11) is 0. The summed E-state index contributed by atoms with van der Waals surface area (Å²) in [4.78, 5) is 0. The molecule has 1 nitrogen and oxygen atoms in total. The number of hydrogen-bond acceptors (Lipinski definition) is 1. The third kappa shape index (κ3) is 2.79. The van der Waals surface area contributed by atoms with Crippen LogP contribution in [0.2, 0.25) is 0 Å². The molecule has 22 heavy (non-hydrogen) atoms. The van der Waals surface area contributed by atoms with Gasteiger partial charge in [0.25, 0.3) is 0 Å². The fourth-order valence-corrected chi connectivity index (χ4v) is 2.65. The van der Waals surface area contributed by atoms with Gasteiger partial charge in [-0.2, -0.15) is 0 Å². The van der Waals surface area contributed by atoms with Crippen LogP contribution in [0.1, 0.15) is 5.56 Å². The molecule has 1 N–H and O–H groups in total. The van der Waals surface area contributed by atoms with Crippen LogP contribution in [-0.2, 0) is 6.42 Å². The number of phenolic OH excluding ortho intramolecular Hbond substituents is 1. The third-order valence-electron chi connectivity index (χ3n) is 3.72. The maximum Gasteiger partial charge on any atom is 0.131 e. The minimum atomic E-state index is 0.324. The highest BCUT2D eigenvalue weighted by Crippen LogP contribution is 2.39. The Balaban J connectivity index is 2.22. The largest absolute Gasteiger partial charge is 0.507 e. The molecule has 0 atom stereocenters. The lowest BCUT2D eigenvalue weighted by atomic mass is 9.93. The summed E-state index contributed by atoms with van der Waals surface area (Å²) < 4.78 is 0. The Hall–Kier alpha value is -2.80. The van der Waals surface area contributed by atoms with Gasteiger partial charge in [0.1, 0.15) is 5.75 Å². The number of aromatic hydroxyl groups is 1. The molecule has 0 unspecified atom stereocenters. The molecule has 0 saturated heterocycles. The molecule has 108 valence electrons. The summed E-state index contributed by atoms with van der Waals surface area (Å²) in [5, 5.41) is 10.8. The van der Waals surface area contributed by atoms with E-state index in [0.717, 1.165) is 34.2 Å².